The predicted molar refractivity (Wildman–Crippen MR) is 84.5 cm³/mol. The molecule has 22 heavy (non-hydrogen) atoms. The molecule has 0 spiro atoms. The summed E-state index contributed by atoms with van der Waals surface area (Å²) in [6.45, 7) is 0. The molecule has 3 aromatic rings. The third kappa shape index (κ3) is 2.26. The fourth-order valence-electron chi connectivity index (χ4n) is 2.47. The van der Waals surface area contributed by atoms with Crippen molar-refractivity contribution >= 4 is 28.4 Å². The van der Waals surface area contributed by atoms with Crippen LogP contribution < -0.4 is 5.32 Å². The van der Waals surface area contributed by atoms with Gasteiger partial charge in [-0.1, -0.05) is 12.2 Å². The zero-order valence-corrected chi connectivity index (χ0v) is 12.1. The number of nitrogens with one attached hydrogen (secondary N) is 1. The molecular weight excluding hydrogens is 278 g/mol. The highest BCUT2D eigenvalue weighted by atomic mass is 15.3. The van der Waals surface area contributed by atoms with Crippen LogP contribution in [0.1, 0.15) is 12.8 Å². The molecule has 0 fully saturated rings. The lowest BCUT2D eigenvalue weighted by molar-refractivity contribution is 0.768. The van der Waals surface area contributed by atoms with Crippen molar-refractivity contribution in [3.8, 4) is 0 Å². The number of aryl methyl sites for hydroxylation is 1. The Kier molecular flexibility index (Phi) is 2.96. The van der Waals surface area contributed by atoms with Crippen LogP contribution in [0.15, 0.2) is 43.0 Å². The third-order valence-corrected chi connectivity index (χ3v) is 3.53. The maximum Gasteiger partial charge on any atom is 0.229 e. The number of rotatable bonds is 3. The van der Waals surface area contributed by atoms with Crippen LogP contribution in [0.4, 0.5) is 11.6 Å². The Balaban J connectivity index is 1.72. The van der Waals surface area contributed by atoms with E-state index < -0.39 is 0 Å². The van der Waals surface area contributed by atoms with Crippen molar-refractivity contribution in [2.75, 3.05) is 5.32 Å². The summed E-state index contributed by atoms with van der Waals surface area (Å²) in [6, 6.07) is 0. The Morgan fingerprint density at radius 1 is 1.18 bits per heavy atom. The first-order valence-corrected chi connectivity index (χ1v) is 7.12. The van der Waals surface area contributed by atoms with E-state index in [1.807, 2.05) is 17.9 Å². The van der Waals surface area contributed by atoms with Crippen LogP contribution >= 0.6 is 0 Å². The fourth-order valence-corrected chi connectivity index (χ4v) is 2.47. The van der Waals surface area contributed by atoms with E-state index in [1.54, 1.807) is 23.3 Å². The summed E-state index contributed by atoms with van der Waals surface area (Å²) < 4.78 is 3.61. The largest absolute Gasteiger partial charge is 0.321 e. The minimum atomic E-state index is 0.536. The van der Waals surface area contributed by atoms with E-state index in [2.05, 4.69) is 43.7 Å². The molecule has 1 aliphatic rings. The van der Waals surface area contributed by atoms with Gasteiger partial charge in [-0.3, -0.25) is 4.68 Å². The molecule has 1 aliphatic carbocycles. The van der Waals surface area contributed by atoms with Gasteiger partial charge >= 0.3 is 0 Å². The molecule has 3 heterocycles. The average molecular weight is 293 g/mol. The number of fused-ring (bicyclic) bond motifs is 1. The monoisotopic (exact) mass is 293 g/mol. The van der Waals surface area contributed by atoms with Gasteiger partial charge in [-0.2, -0.15) is 15.2 Å². The number of aromatic nitrogens is 6. The van der Waals surface area contributed by atoms with Crippen molar-refractivity contribution in [2.24, 2.45) is 7.05 Å². The molecule has 0 saturated heterocycles. The Hall–Kier alpha value is -2.96. The van der Waals surface area contributed by atoms with Crippen LogP contribution in [-0.4, -0.2) is 29.5 Å². The summed E-state index contributed by atoms with van der Waals surface area (Å²) in [5, 5.41) is 12.6. The van der Waals surface area contributed by atoms with Gasteiger partial charge in [-0.25, -0.2) is 9.67 Å². The van der Waals surface area contributed by atoms with Crippen LogP contribution in [0.3, 0.4) is 0 Å². The van der Waals surface area contributed by atoms with Crippen molar-refractivity contribution < 1.29 is 0 Å². The molecule has 1 N–H and O–H groups in total. The third-order valence-electron chi connectivity index (χ3n) is 3.53. The average Bonchev–Trinajstić information content (AvgIpc) is 3.14. The second-order valence-corrected chi connectivity index (χ2v) is 5.18. The molecule has 0 atom stereocenters. The summed E-state index contributed by atoms with van der Waals surface area (Å²) in [5.41, 5.74) is 2.80. The summed E-state index contributed by atoms with van der Waals surface area (Å²) >= 11 is 0. The van der Waals surface area contributed by atoms with E-state index in [-0.39, 0.29) is 0 Å². The second-order valence-electron chi connectivity index (χ2n) is 5.18. The molecule has 0 saturated carbocycles. The number of anilines is 2. The predicted octanol–water partition coefficient (Wildman–Crippen LogP) is 2.49. The van der Waals surface area contributed by atoms with Crippen LogP contribution in [0.25, 0.3) is 16.7 Å². The lowest BCUT2D eigenvalue weighted by Crippen LogP contribution is -2.03. The van der Waals surface area contributed by atoms with Crippen molar-refractivity contribution in [1.29, 1.82) is 0 Å². The minimum Gasteiger partial charge on any atom is -0.321 e. The minimum absolute atomic E-state index is 0.536. The van der Waals surface area contributed by atoms with Gasteiger partial charge in [0.1, 0.15) is 0 Å². The lowest BCUT2D eigenvalue weighted by atomic mass is 10.1. The first kappa shape index (κ1) is 12.8. The van der Waals surface area contributed by atoms with Crippen molar-refractivity contribution in [1.82, 2.24) is 29.5 Å². The normalized spacial score (nSPS) is 14.3. The van der Waals surface area contributed by atoms with E-state index in [0.29, 0.717) is 5.95 Å². The Morgan fingerprint density at radius 3 is 2.91 bits per heavy atom. The number of hydrogen-bond acceptors (Lipinski definition) is 5. The van der Waals surface area contributed by atoms with Crippen molar-refractivity contribution in [3.05, 3.63) is 43.0 Å². The van der Waals surface area contributed by atoms with Crippen molar-refractivity contribution in [2.45, 2.75) is 12.8 Å². The quantitative estimate of drug-likeness (QED) is 0.803. The van der Waals surface area contributed by atoms with E-state index in [0.717, 1.165) is 35.3 Å². The Morgan fingerprint density at radius 2 is 2.14 bits per heavy atom. The molecule has 7 nitrogen and oxygen atoms in total. The fraction of sp³-hybridized carbons (Fsp3) is 0.200. The molecule has 7 heteroatoms. The van der Waals surface area contributed by atoms with Gasteiger partial charge in [0.05, 0.1) is 23.5 Å². The summed E-state index contributed by atoms with van der Waals surface area (Å²) in [5.74, 6) is 0.536. The van der Waals surface area contributed by atoms with E-state index in [4.69, 9.17) is 0 Å². The van der Waals surface area contributed by atoms with E-state index >= 15 is 0 Å². The van der Waals surface area contributed by atoms with Crippen molar-refractivity contribution in [3.63, 3.8) is 0 Å². The first-order chi connectivity index (χ1) is 10.8. The summed E-state index contributed by atoms with van der Waals surface area (Å²) in [4.78, 5) is 8.92. The van der Waals surface area contributed by atoms with Crippen LogP contribution in [0.5, 0.6) is 0 Å². The molecule has 3 aromatic heterocycles. The van der Waals surface area contributed by atoms with Gasteiger partial charge in [-0.15, -0.1) is 0 Å². The molecule has 0 aliphatic heterocycles. The van der Waals surface area contributed by atoms with Crippen LogP contribution in [-0.2, 0) is 7.05 Å². The molecule has 0 unspecified atom stereocenters. The zero-order chi connectivity index (χ0) is 14.9. The summed E-state index contributed by atoms with van der Waals surface area (Å²) in [6.07, 6.45) is 15.5. The Labute approximate surface area is 127 Å². The maximum atomic E-state index is 4.59. The first-order valence-electron chi connectivity index (χ1n) is 7.12. The number of allylic oxidation sites excluding steroid dienone is 4. The van der Waals surface area contributed by atoms with Gasteiger partial charge in [0, 0.05) is 25.1 Å². The molecule has 0 radical (unpaired) electrons. The van der Waals surface area contributed by atoms with Gasteiger partial charge in [0.25, 0.3) is 0 Å². The maximum absolute atomic E-state index is 4.59. The molecular formula is C15H15N7. The molecule has 0 amide bonds. The number of hydrogen-bond donors (Lipinski definition) is 1. The number of nitrogens with zero attached hydrogens (tertiary/aromatic N) is 6. The van der Waals surface area contributed by atoms with E-state index in [1.165, 1.54) is 0 Å². The highest BCUT2D eigenvalue weighted by Crippen LogP contribution is 2.22. The zero-order valence-electron chi connectivity index (χ0n) is 12.1. The second kappa shape index (κ2) is 5.10. The molecule has 0 bridgehead atoms. The van der Waals surface area contributed by atoms with Gasteiger partial charge in [0.2, 0.25) is 5.95 Å². The van der Waals surface area contributed by atoms with E-state index in [9.17, 15) is 0 Å². The molecule has 110 valence electrons. The highest BCUT2D eigenvalue weighted by Gasteiger charge is 2.11. The van der Waals surface area contributed by atoms with Gasteiger partial charge < -0.3 is 5.32 Å². The Bertz CT molecular complexity index is 884. The molecule has 0 aromatic carbocycles. The van der Waals surface area contributed by atoms with Crippen LogP contribution in [0.2, 0.25) is 0 Å². The van der Waals surface area contributed by atoms with Gasteiger partial charge in [-0.05, 0) is 18.9 Å². The standard InChI is InChI=1S/C15H15N7/c1-21-10-12(9-17-21)19-15-16-7-11-8-18-22(14(11)20-15)13-5-3-2-4-6-13/h2-3,5,7-10H,4,6H2,1H3,(H,16,19,20). The highest BCUT2D eigenvalue weighted by molar-refractivity contribution is 5.78. The summed E-state index contributed by atoms with van der Waals surface area (Å²) in [7, 11) is 1.87. The molecule has 4 rings (SSSR count). The SMILES string of the molecule is Cn1cc(Nc2ncc3cnn(C4=CC=CCC4)c3n2)cn1. The topological polar surface area (TPSA) is 73.5 Å². The lowest BCUT2D eigenvalue weighted by Gasteiger charge is -2.10. The smallest absolute Gasteiger partial charge is 0.229 e. The van der Waals surface area contributed by atoms with Crippen LogP contribution in [0, 0.1) is 0 Å². The van der Waals surface area contributed by atoms with Gasteiger partial charge in [0.15, 0.2) is 5.65 Å².